The van der Waals surface area contributed by atoms with Gasteiger partial charge in [-0.2, -0.15) is 0 Å². The van der Waals surface area contributed by atoms with Crippen molar-refractivity contribution >= 4 is 0 Å². The van der Waals surface area contributed by atoms with E-state index in [2.05, 4.69) is 0 Å². The van der Waals surface area contributed by atoms with Crippen LogP contribution in [-0.4, -0.2) is 34.5 Å². The highest BCUT2D eigenvalue weighted by Gasteiger charge is 2.37. The zero-order valence-electron chi connectivity index (χ0n) is 17.8. The molecule has 2 N–H and O–H groups in total. The summed E-state index contributed by atoms with van der Waals surface area (Å²) in [6, 6.07) is 23.9. The minimum absolute atomic E-state index is 0.514. The van der Waals surface area contributed by atoms with Gasteiger partial charge in [-0.15, -0.1) is 0 Å². The topological polar surface area (TPSA) is 62.9 Å². The molecule has 3 rings (SSSR count). The van der Waals surface area contributed by atoms with Crippen LogP contribution in [0.3, 0.4) is 0 Å². The molecule has 0 aliphatic heterocycles. The van der Waals surface area contributed by atoms with Crippen LogP contribution in [-0.2, 0) is 10.3 Å². The summed E-state index contributed by atoms with van der Waals surface area (Å²) in [6.07, 6.45) is 0.754. The van der Waals surface area contributed by atoms with E-state index in [9.17, 15) is 0 Å². The molecule has 0 amide bonds. The first-order valence-corrected chi connectivity index (χ1v) is 9.95. The van der Waals surface area contributed by atoms with Crippen molar-refractivity contribution in [2.45, 2.75) is 12.0 Å². The predicted octanol–water partition coefficient (Wildman–Crippen LogP) is 4.37. The summed E-state index contributed by atoms with van der Waals surface area (Å²) >= 11 is 0. The maximum absolute atomic E-state index is 6.65. The third kappa shape index (κ3) is 4.42. The van der Waals surface area contributed by atoms with Crippen LogP contribution in [0, 0.1) is 0 Å². The number of benzene rings is 3. The Morgan fingerprint density at radius 3 is 1.20 bits per heavy atom. The Labute approximate surface area is 178 Å². The highest BCUT2D eigenvalue weighted by atomic mass is 16.5. The standard InChI is InChI=1S/C25H29NO4/c1-27-22-11-5-19(6-12-22)25(30-18-4-17-26,20-7-13-23(28-2)14-8-20)21-9-15-24(29-3)16-10-21/h5-16H,4,17-18,26H2,1-3H3. The normalized spacial score (nSPS) is 11.2. The molecule has 3 aromatic rings. The van der Waals surface area contributed by atoms with Crippen LogP contribution in [0.4, 0.5) is 0 Å². The molecule has 0 saturated heterocycles. The molecule has 5 nitrogen and oxygen atoms in total. The van der Waals surface area contributed by atoms with Crippen molar-refractivity contribution in [1.82, 2.24) is 0 Å². The van der Waals surface area contributed by atoms with Gasteiger partial charge in [-0.25, -0.2) is 0 Å². The fraction of sp³-hybridized carbons (Fsp3) is 0.280. The van der Waals surface area contributed by atoms with E-state index >= 15 is 0 Å². The molecule has 0 fully saturated rings. The van der Waals surface area contributed by atoms with Gasteiger partial charge in [0.25, 0.3) is 0 Å². The Morgan fingerprint density at radius 2 is 0.933 bits per heavy atom. The van der Waals surface area contributed by atoms with Gasteiger partial charge >= 0.3 is 0 Å². The van der Waals surface area contributed by atoms with Crippen LogP contribution in [0.5, 0.6) is 17.2 Å². The maximum Gasteiger partial charge on any atom is 0.143 e. The quantitative estimate of drug-likeness (QED) is 0.399. The van der Waals surface area contributed by atoms with E-state index in [1.165, 1.54) is 0 Å². The van der Waals surface area contributed by atoms with Gasteiger partial charge < -0.3 is 24.7 Å². The van der Waals surface area contributed by atoms with Gasteiger partial charge in [0.05, 0.1) is 21.3 Å². The minimum Gasteiger partial charge on any atom is -0.497 e. The van der Waals surface area contributed by atoms with E-state index in [4.69, 9.17) is 24.7 Å². The fourth-order valence-corrected chi connectivity index (χ4v) is 3.54. The number of rotatable bonds is 10. The molecule has 0 radical (unpaired) electrons. The molecule has 30 heavy (non-hydrogen) atoms. The number of hydrogen-bond donors (Lipinski definition) is 1. The van der Waals surface area contributed by atoms with Crippen molar-refractivity contribution < 1.29 is 18.9 Å². The van der Waals surface area contributed by atoms with Crippen molar-refractivity contribution in [2.24, 2.45) is 5.73 Å². The largest absolute Gasteiger partial charge is 0.497 e. The van der Waals surface area contributed by atoms with E-state index in [-0.39, 0.29) is 0 Å². The lowest BCUT2D eigenvalue weighted by Gasteiger charge is -2.36. The summed E-state index contributed by atoms with van der Waals surface area (Å²) in [5, 5.41) is 0. The summed E-state index contributed by atoms with van der Waals surface area (Å²) in [7, 11) is 4.98. The minimum atomic E-state index is -0.819. The smallest absolute Gasteiger partial charge is 0.143 e. The van der Waals surface area contributed by atoms with E-state index in [0.717, 1.165) is 40.4 Å². The number of methoxy groups -OCH3 is 3. The van der Waals surface area contributed by atoms with Crippen LogP contribution < -0.4 is 19.9 Å². The second-order valence-electron chi connectivity index (χ2n) is 6.86. The van der Waals surface area contributed by atoms with E-state index in [1.54, 1.807) is 21.3 Å². The van der Waals surface area contributed by atoms with E-state index < -0.39 is 5.60 Å². The molecule has 0 aliphatic carbocycles. The third-order valence-corrected chi connectivity index (χ3v) is 5.16. The molecule has 0 atom stereocenters. The summed E-state index contributed by atoms with van der Waals surface area (Å²) in [4.78, 5) is 0. The van der Waals surface area contributed by atoms with Gasteiger partial charge in [0.2, 0.25) is 0 Å². The lowest BCUT2D eigenvalue weighted by molar-refractivity contribution is 0.0123. The second-order valence-corrected chi connectivity index (χ2v) is 6.86. The van der Waals surface area contributed by atoms with Gasteiger partial charge in [0, 0.05) is 6.61 Å². The van der Waals surface area contributed by atoms with Gasteiger partial charge in [-0.3, -0.25) is 0 Å². The summed E-state index contributed by atoms with van der Waals surface area (Å²) < 4.78 is 22.7. The monoisotopic (exact) mass is 407 g/mol. The van der Waals surface area contributed by atoms with Crippen molar-refractivity contribution in [3.05, 3.63) is 89.5 Å². The van der Waals surface area contributed by atoms with Crippen molar-refractivity contribution in [1.29, 1.82) is 0 Å². The summed E-state index contributed by atoms with van der Waals surface area (Å²) in [6.45, 7) is 1.07. The van der Waals surface area contributed by atoms with Crippen LogP contribution in [0.25, 0.3) is 0 Å². The zero-order chi connectivity index (χ0) is 21.4. The predicted molar refractivity (Wildman–Crippen MR) is 118 cm³/mol. The van der Waals surface area contributed by atoms with Crippen LogP contribution >= 0.6 is 0 Å². The first kappa shape index (κ1) is 21.7. The third-order valence-electron chi connectivity index (χ3n) is 5.16. The SMILES string of the molecule is COc1ccc(C(OCCCN)(c2ccc(OC)cc2)c2ccc(OC)cc2)cc1. The highest BCUT2D eigenvalue weighted by molar-refractivity contribution is 5.50. The van der Waals surface area contributed by atoms with Crippen LogP contribution in [0.1, 0.15) is 23.1 Å². The molecule has 0 heterocycles. The van der Waals surface area contributed by atoms with Gasteiger partial charge in [0.15, 0.2) is 0 Å². The number of nitrogens with two attached hydrogens (primary N) is 1. The molecule has 0 bridgehead atoms. The lowest BCUT2D eigenvalue weighted by Crippen LogP contribution is -2.33. The first-order valence-electron chi connectivity index (χ1n) is 9.95. The van der Waals surface area contributed by atoms with E-state index in [0.29, 0.717) is 13.2 Å². The first-order chi connectivity index (χ1) is 14.7. The van der Waals surface area contributed by atoms with Gasteiger partial charge in [-0.1, -0.05) is 36.4 Å². The van der Waals surface area contributed by atoms with E-state index in [1.807, 2.05) is 72.8 Å². The van der Waals surface area contributed by atoms with Crippen LogP contribution in [0.2, 0.25) is 0 Å². The molecular formula is C25H29NO4. The molecule has 0 saturated carbocycles. The molecule has 0 spiro atoms. The summed E-state index contributed by atoms with van der Waals surface area (Å²) in [5.74, 6) is 2.37. The average molecular weight is 408 g/mol. The zero-order valence-corrected chi connectivity index (χ0v) is 17.8. The molecule has 0 aromatic heterocycles. The Morgan fingerprint density at radius 1 is 0.600 bits per heavy atom. The number of hydrogen-bond acceptors (Lipinski definition) is 5. The maximum atomic E-state index is 6.65. The Kier molecular flexibility index (Phi) is 7.33. The van der Waals surface area contributed by atoms with Gasteiger partial charge in [0.1, 0.15) is 22.8 Å². The molecule has 0 unspecified atom stereocenters. The van der Waals surface area contributed by atoms with Crippen molar-refractivity contribution in [3.8, 4) is 17.2 Å². The van der Waals surface area contributed by atoms with Crippen molar-refractivity contribution in [3.63, 3.8) is 0 Å². The highest BCUT2D eigenvalue weighted by Crippen LogP contribution is 2.42. The molecular weight excluding hydrogens is 378 g/mol. The molecule has 158 valence electrons. The lowest BCUT2D eigenvalue weighted by atomic mass is 9.80. The van der Waals surface area contributed by atoms with Crippen molar-refractivity contribution in [2.75, 3.05) is 34.5 Å². The number of ether oxygens (including phenoxy) is 4. The molecule has 3 aromatic carbocycles. The summed E-state index contributed by atoms with van der Waals surface area (Å²) in [5.41, 5.74) is 7.93. The molecule has 5 heteroatoms. The Bertz CT molecular complexity index is 790. The van der Waals surface area contributed by atoms with Crippen LogP contribution in [0.15, 0.2) is 72.8 Å². The molecule has 0 aliphatic rings. The Hall–Kier alpha value is -3.02. The fourth-order valence-electron chi connectivity index (χ4n) is 3.54. The second kappa shape index (κ2) is 10.1. The Balaban J connectivity index is 2.21. The van der Waals surface area contributed by atoms with Gasteiger partial charge in [-0.05, 0) is 66.1 Å². The average Bonchev–Trinajstić information content (AvgIpc) is 2.82.